The molecule has 0 fully saturated rings. The van der Waals surface area contributed by atoms with Crippen molar-refractivity contribution >= 4 is 37.6 Å². The molecule has 8 heteroatoms. The summed E-state index contributed by atoms with van der Waals surface area (Å²) in [6.45, 7) is -1.78. The number of hydrogen-bond acceptors (Lipinski definition) is 4. The molecule has 0 aliphatic rings. The number of fused-ring (bicyclic) bond motifs is 2. The molecule has 0 saturated heterocycles. The van der Waals surface area contributed by atoms with Crippen molar-refractivity contribution in [2.45, 2.75) is 5.25 Å². The summed E-state index contributed by atoms with van der Waals surface area (Å²) in [4.78, 5) is 12.4. The summed E-state index contributed by atoms with van der Waals surface area (Å²) in [5.41, 5.74) is 0.0554. The lowest BCUT2D eigenvalue weighted by molar-refractivity contribution is -0.00924. The molecule has 1 N–H and O–H groups in total. The van der Waals surface area contributed by atoms with E-state index in [1.807, 2.05) is 6.07 Å². The SMILES string of the molecule is O=C(OCC(F)(F)S(=O)(=O)O)c1c2ccccc2cc2ccccc12. The summed E-state index contributed by atoms with van der Waals surface area (Å²) < 4.78 is 60.9. The molecule has 0 radical (unpaired) electrons. The maximum atomic E-state index is 13.3. The standard InChI is InChI=1S/C17H12F2O5S/c18-17(19,25(21,22)23)10-24-16(20)15-13-7-3-1-5-11(13)9-12-6-2-4-8-14(12)15/h1-9H,10H2,(H,21,22,23). The lowest BCUT2D eigenvalue weighted by Crippen LogP contribution is -2.34. The maximum Gasteiger partial charge on any atom is 0.402 e. The lowest BCUT2D eigenvalue weighted by Gasteiger charge is -2.15. The van der Waals surface area contributed by atoms with E-state index < -0.39 is 27.9 Å². The topological polar surface area (TPSA) is 80.7 Å². The van der Waals surface area contributed by atoms with Crippen LogP contribution in [0.15, 0.2) is 54.6 Å². The second-order valence-corrected chi connectivity index (χ2v) is 6.93. The molecule has 130 valence electrons. The van der Waals surface area contributed by atoms with Gasteiger partial charge in [0.05, 0.1) is 5.56 Å². The van der Waals surface area contributed by atoms with Crippen LogP contribution < -0.4 is 0 Å². The van der Waals surface area contributed by atoms with Gasteiger partial charge in [-0.15, -0.1) is 0 Å². The van der Waals surface area contributed by atoms with Crippen molar-refractivity contribution in [3.05, 3.63) is 60.2 Å². The number of carbonyl (C=O) groups excluding carboxylic acids is 1. The van der Waals surface area contributed by atoms with Gasteiger partial charge in [0.15, 0.2) is 6.61 Å². The molecular weight excluding hydrogens is 354 g/mol. The zero-order chi connectivity index (χ0) is 18.2. The Hall–Kier alpha value is -2.58. The highest BCUT2D eigenvalue weighted by Gasteiger charge is 2.45. The maximum absolute atomic E-state index is 13.3. The minimum Gasteiger partial charge on any atom is -0.454 e. The molecule has 0 spiro atoms. The van der Waals surface area contributed by atoms with Crippen LogP contribution in [-0.2, 0) is 14.9 Å². The van der Waals surface area contributed by atoms with Gasteiger partial charge in [-0.25, -0.2) is 4.79 Å². The van der Waals surface area contributed by atoms with E-state index >= 15 is 0 Å². The van der Waals surface area contributed by atoms with E-state index in [0.29, 0.717) is 21.5 Å². The number of halogens is 2. The summed E-state index contributed by atoms with van der Waals surface area (Å²) in [6, 6.07) is 15.5. The van der Waals surface area contributed by atoms with E-state index in [4.69, 9.17) is 4.55 Å². The highest BCUT2D eigenvalue weighted by Crippen LogP contribution is 2.30. The number of alkyl halides is 2. The molecule has 0 amide bonds. The van der Waals surface area contributed by atoms with E-state index in [0.717, 1.165) is 0 Å². The first-order chi connectivity index (χ1) is 11.7. The summed E-state index contributed by atoms with van der Waals surface area (Å²) in [5.74, 6) is -1.10. The van der Waals surface area contributed by atoms with Crippen LogP contribution in [0.4, 0.5) is 8.78 Å². The Bertz CT molecular complexity index is 1020. The van der Waals surface area contributed by atoms with Gasteiger partial charge in [-0.05, 0) is 27.6 Å². The Kier molecular flexibility index (Phi) is 4.18. The third kappa shape index (κ3) is 3.18. The Morgan fingerprint density at radius 1 is 1.00 bits per heavy atom. The van der Waals surface area contributed by atoms with Crippen molar-refractivity contribution in [1.29, 1.82) is 0 Å². The van der Waals surface area contributed by atoms with Gasteiger partial charge in [-0.3, -0.25) is 4.55 Å². The summed E-state index contributed by atoms with van der Waals surface area (Å²) in [5, 5.41) is -2.20. The average Bonchev–Trinajstić information content (AvgIpc) is 2.56. The lowest BCUT2D eigenvalue weighted by atomic mass is 9.97. The van der Waals surface area contributed by atoms with Gasteiger partial charge >= 0.3 is 21.3 Å². The molecule has 0 aliphatic carbocycles. The van der Waals surface area contributed by atoms with Crippen molar-refractivity contribution in [2.75, 3.05) is 6.61 Å². The van der Waals surface area contributed by atoms with Crippen molar-refractivity contribution < 1.29 is 31.3 Å². The normalized spacial score (nSPS) is 12.4. The van der Waals surface area contributed by atoms with Crippen LogP contribution in [0.25, 0.3) is 21.5 Å². The molecule has 25 heavy (non-hydrogen) atoms. The Balaban J connectivity index is 2.08. The van der Waals surface area contributed by atoms with Crippen molar-refractivity contribution in [3.8, 4) is 0 Å². The zero-order valence-corrected chi connectivity index (χ0v) is 13.5. The molecule has 3 aromatic carbocycles. The van der Waals surface area contributed by atoms with Crippen LogP contribution in [0.3, 0.4) is 0 Å². The minimum atomic E-state index is -5.68. The minimum absolute atomic E-state index is 0.0554. The molecule has 0 aromatic heterocycles. The first-order valence-corrected chi connectivity index (χ1v) is 8.57. The first-order valence-electron chi connectivity index (χ1n) is 7.13. The molecular formula is C17H12F2O5S. The van der Waals surface area contributed by atoms with E-state index in [9.17, 15) is 22.0 Å². The van der Waals surface area contributed by atoms with E-state index in [2.05, 4.69) is 4.74 Å². The second kappa shape index (κ2) is 6.05. The van der Waals surface area contributed by atoms with Crippen LogP contribution in [0, 0.1) is 0 Å². The fourth-order valence-electron chi connectivity index (χ4n) is 2.53. The molecule has 3 rings (SSSR count). The number of hydrogen-bond donors (Lipinski definition) is 1. The predicted octanol–water partition coefficient (Wildman–Crippen LogP) is 3.63. The van der Waals surface area contributed by atoms with Gasteiger partial charge < -0.3 is 4.74 Å². The van der Waals surface area contributed by atoms with Gasteiger partial charge in [0.1, 0.15) is 0 Å². The molecule has 0 heterocycles. The van der Waals surface area contributed by atoms with Crippen molar-refractivity contribution in [2.24, 2.45) is 0 Å². The molecule has 0 saturated carbocycles. The predicted molar refractivity (Wildman–Crippen MR) is 88.2 cm³/mol. The van der Waals surface area contributed by atoms with Crippen LogP contribution in [-0.4, -0.2) is 30.8 Å². The fourth-order valence-corrected chi connectivity index (χ4v) is 2.74. The molecule has 3 aromatic rings. The highest BCUT2D eigenvalue weighted by atomic mass is 32.2. The Labute approximate surface area is 141 Å². The fraction of sp³-hybridized carbons (Fsp3) is 0.118. The third-order valence-corrected chi connectivity index (χ3v) is 4.60. The van der Waals surface area contributed by atoms with Gasteiger partial charge in [-0.2, -0.15) is 17.2 Å². The monoisotopic (exact) mass is 366 g/mol. The molecule has 0 unspecified atom stereocenters. The summed E-state index contributed by atoms with van der Waals surface area (Å²) in [7, 11) is -5.68. The smallest absolute Gasteiger partial charge is 0.402 e. The number of rotatable bonds is 4. The van der Waals surface area contributed by atoms with Crippen LogP contribution in [0.2, 0.25) is 0 Å². The second-order valence-electron chi connectivity index (χ2n) is 5.38. The third-order valence-electron chi connectivity index (χ3n) is 3.72. The number of carbonyl (C=O) groups is 1. The van der Waals surface area contributed by atoms with Crippen LogP contribution >= 0.6 is 0 Å². The summed E-state index contributed by atoms with van der Waals surface area (Å²) in [6.07, 6.45) is 0. The average molecular weight is 366 g/mol. The van der Waals surface area contributed by atoms with E-state index in [1.54, 1.807) is 48.5 Å². The van der Waals surface area contributed by atoms with Gasteiger partial charge in [0.25, 0.3) is 0 Å². The molecule has 5 nitrogen and oxygen atoms in total. The Morgan fingerprint density at radius 2 is 1.48 bits per heavy atom. The quantitative estimate of drug-likeness (QED) is 0.433. The zero-order valence-electron chi connectivity index (χ0n) is 12.6. The highest BCUT2D eigenvalue weighted by molar-refractivity contribution is 7.86. The first kappa shape index (κ1) is 17.2. The van der Waals surface area contributed by atoms with Gasteiger partial charge in [0, 0.05) is 0 Å². The van der Waals surface area contributed by atoms with Crippen molar-refractivity contribution in [3.63, 3.8) is 0 Å². The molecule has 0 bridgehead atoms. The number of esters is 1. The number of ether oxygens (including phenoxy) is 1. The van der Waals surface area contributed by atoms with E-state index in [1.165, 1.54) is 0 Å². The largest absolute Gasteiger partial charge is 0.454 e. The van der Waals surface area contributed by atoms with Crippen molar-refractivity contribution in [1.82, 2.24) is 0 Å². The Morgan fingerprint density at radius 3 is 1.96 bits per heavy atom. The molecule has 0 aliphatic heterocycles. The molecule has 0 atom stereocenters. The van der Waals surface area contributed by atoms with Gasteiger partial charge in [-0.1, -0.05) is 48.5 Å². The van der Waals surface area contributed by atoms with Crippen LogP contribution in [0.1, 0.15) is 10.4 Å². The summed E-state index contributed by atoms with van der Waals surface area (Å²) >= 11 is 0. The van der Waals surface area contributed by atoms with Crippen LogP contribution in [0.5, 0.6) is 0 Å². The van der Waals surface area contributed by atoms with E-state index in [-0.39, 0.29) is 5.56 Å². The van der Waals surface area contributed by atoms with Gasteiger partial charge in [0.2, 0.25) is 0 Å². The number of benzene rings is 3.